The number of fused-ring (bicyclic) bond motifs is 1. The van der Waals surface area contributed by atoms with Crippen molar-refractivity contribution in [3.05, 3.63) is 30.6 Å². The fourth-order valence-electron chi connectivity index (χ4n) is 1.16. The number of para-hydroxylation sites is 2. The predicted octanol–water partition coefficient (Wildman–Crippen LogP) is 1.62. The van der Waals surface area contributed by atoms with E-state index in [9.17, 15) is 4.79 Å². The standard InChI is InChI=1S/C7H6N2.C5H11NO2/c1-2-4-7-6(3-1)8-5-9-7;1-3(2)4(6)5(7)8/h1-5H,(H,8,9);3-4H,6H2,1-2H3,(H,7,8). The molecule has 5 heteroatoms. The van der Waals surface area contributed by atoms with E-state index in [-0.39, 0.29) is 5.92 Å². The van der Waals surface area contributed by atoms with Crippen LogP contribution in [-0.2, 0) is 4.79 Å². The molecule has 0 bridgehead atoms. The number of benzene rings is 1. The van der Waals surface area contributed by atoms with E-state index >= 15 is 0 Å². The Bertz CT molecular complexity index is 449. The van der Waals surface area contributed by atoms with Crippen molar-refractivity contribution in [2.45, 2.75) is 19.9 Å². The van der Waals surface area contributed by atoms with E-state index in [0.717, 1.165) is 11.0 Å². The summed E-state index contributed by atoms with van der Waals surface area (Å²) < 4.78 is 0. The van der Waals surface area contributed by atoms with Crippen molar-refractivity contribution in [1.29, 1.82) is 0 Å². The lowest BCUT2D eigenvalue weighted by Gasteiger charge is -2.07. The number of carbonyl (C=O) groups is 1. The molecule has 1 unspecified atom stereocenters. The van der Waals surface area contributed by atoms with Gasteiger partial charge >= 0.3 is 5.97 Å². The van der Waals surface area contributed by atoms with Gasteiger partial charge in [-0.3, -0.25) is 4.79 Å². The number of hydrogen-bond acceptors (Lipinski definition) is 3. The van der Waals surface area contributed by atoms with Gasteiger partial charge in [0.05, 0.1) is 17.4 Å². The highest BCUT2D eigenvalue weighted by Gasteiger charge is 2.14. The molecule has 1 atom stereocenters. The van der Waals surface area contributed by atoms with Gasteiger partial charge in [0.25, 0.3) is 0 Å². The summed E-state index contributed by atoms with van der Waals surface area (Å²) >= 11 is 0. The van der Waals surface area contributed by atoms with Crippen LogP contribution in [0.25, 0.3) is 11.0 Å². The number of hydrogen-bond donors (Lipinski definition) is 3. The molecule has 0 spiro atoms. The minimum absolute atomic E-state index is 0.0208. The lowest BCUT2D eigenvalue weighted by Crippen LogP contribution is -2.34. The molecule has 0 radical (unpaired) electrons. The largest absolute Gasteiger partial charge is 0.480 e. The van der Waals surface area contributed by atoms with Gasteiger partial charge in [0.1, 0.15) is 6.04 Å². The molecule has 0 aliphatic heterocycles. The maximum Gasteiger partial charge on any atom is 0.320 e. The minimum atomic E-state index is -0.931. The van der Waals surface area contributed by atoms with E-state index in [1.54, 1.807) is 20.2 Å². The van der Waals surface area contributed by atoms with Crippen molar-refractivity contribution < 1.29 is 9.90 Å². The average Bonchev–Trinajstić information content (AvgIpc) is 2.76. The first kappa shape index (κ1) is 13.2. The van der Waals surface area contributed by atoms with Crippen LogP contribution in [0.3, 0.4) is 0 Å². The van der Waals surface area contributed by atoms with Crippen molar-refractivity contribution in [2.24, 2.45) is 11.7 Å². The Balaban J connectivity index is 0.000000172. The predicted molar refractivity (Wildman–Crippen MR) is 66.5 cm³/mol. The monoisotopic (exact) mass is 235 g/mol. The summed E-state index contributed by atoms with van der Waals surface area (Å²) in [5.41, 5.74) is 7.28. The molecule has 0 saturated heterocycles. The lowest BCUT2D eigenvalue weighted by molar-refractivity contribution is -0.139. The number of nitrogens with zero attached hydrogens (tertiary/aromatic N) is 1. The first-order valence-corrected chi connectivity index (χ1v) is 5.39. The van der Waals surface area contributed by atoms with Crippen LogP contribution in [0, 0.1) is 5.92 Å². The highest BCUT2D eigenvalue weighted by Crippen LogP contribution is 2.05. The van der Waals surface area contributed by atoms with E-state index in [0.29, 0.717) is 0 Å². The highest BCUT2D eigenvalue weighted by atomic mass is 16.4. The Morgan fingerprint density at radius 3 is 2.53 bits per heavy atom. The fraction of sp³-hybridized carbons (Fsp3) is 0.333. The summed E-state index contributed by atoms with van der Waals surface area (Å²) in [4.78, 5) is 17.1. The van der Waals surface area contributed by atoms with Crippen molar-refractivity contribution in [3.8, 4) is 0 Å². The number of rotatable bonds is 2. The van der Waals surface area contributed by atoms with E-state index in [1.165, 1.54) is 0 Å². The van der Waals surface area contributed by atoms with Crippen molar-refractivity contribution in [3.63, 3.8) is 0 Å². The Morgan fingerprint density at radius 2 is 2.06 bits per heavy atom. The quantitative estimate of drug-likeness (QED) is 0.737. The normalized spacial score (nSPS) is 12.0. The Hall–Kier alpha value is -1.88. The molecule has 0 fully saturated rings. The smallest absolute Gasteiger partial charge is 0.320 e. The zero-order valence-corrected chi connectivity index (χ0v) is 9.92. The summed E-state index contributed by atoms with van der Waals surface area (Å²) in [5.74, 6) is -0.910. The second-order valence-corrected chi connectivity index (χ2v) is 4.03. The van der Waals surface area contributed by atoms with E-state index in [2.05, 4.69) is 9.97 Å². The summed E-state index contributed by atoms with van der Waals surface area (Å²) in [7, 11) is 0. The molecule has 1 aromatic carbocycles. The number of carboxylic acid groups (broad SMARTS) is 1. The Morgan fingerprint density at radius 1 is 1.41 bits per heavy atom. The number of aromatic nitrogens is 2. The zero-order valence-electron chi connectivity index (χ0n) is 9.92. The molecule has 2 aromatic rings. The third-order valence-electron chi connectivity index (χ3n) is 2.33. The second kappa shape index (κ2) is 6.00. The van der Waals surface area contributed by atoms with Gasteiger partial charge < -0.3 is 15.8 Å². The van der Waals surface area contributed by atoms with Crippen LogP contribution in [0.4, 0.5) is 0 Å². The molecule has 4 N–H and O–H groups in total. The number of imidazole rings is 1. The Labute approximate surface area is 99.7 Å². The lowest BCUT2D eigenvalue weighted by atomic mass is 10.1. The molecule has 0 saturated carbocycles. The number of H-pyrrole nitrogens is 1. The van der Waals surface area contributed by atoms with Crippen molar-refractivity contribution in [1.82, 2.24) is 9.97 Å². The third-order valence-corrected chi connectivity index (χ3v) is 2.33. The molecular formula is C12H17N3O2. The van der Waals surface area contributed by atoms with Crippen LogP contribution >= 0.6 is 0 Å². The molecule has 0 amide bonds. The molecule has 2 rings (SSSR count). The number of nitrogens with two attached hydrogens (primary N) is 1. The summed E-state index contributed by atoms with van der Waals surface area (Å²) in [5, 5.41) is 8.23. The van der Waals surface area contributed by atoms with E-state index in [4.69, 9.17) is 10.8 Å². The summed E-state index contributed by atoms with van der Waals surface area (Å²) in [6, 6.07) is 7.23. The molecule has 0 aliphatic rings. The highest BCUT2D eigenvalue weighted by molar-refractivity contribution is 5.73. The van der Waals surface area contributed by atoms with Crippen LogP contribution in [0.1, 0.15) is 13.8 Å². The molecule has 1 heterocycles. The molecular weight excluding hydrogens is 218 g/mol. The van der Waals surface area contributed by atoms with Gasteiger partial charge in [-0.2, -0.15) is 0 Å². The first-order valence-electron chi connectivity index (χ1n) is 5.39. The topological polar surface area (TPSA) is 92.0 Å². The molecule has 92 valence electrons. The van der Waals surface area contributed by atoms with Crippen molar-refractivity contribution in [2.75, 3.05) is 0 Å². The van der Waals surface area contributed by atoms with Gasteiger partial charge in [-0.15, -0.1) is 0 Å². The number of nitrogens with one attached hydrogen (secondary N) is 1. The van der Waals surface area contributed by atoms with Crippen LogP contribution in [0.15, 0.2) is 30.6 Å². The summed E-state index contributed by atoms with van der Waals surface area (Å²) in [6.45, 7) is 3.55. The summed E-state index contributed by atoms with van der Waals surface area (Å²) in [6.07, 6.45) is 1.70. The SMILES string of the molecule is CC(C)C(N)C(=O)O.c1ccc2[nH]cnc2c1. The van der Waals surface area contributed by atoms with Crippen LogP contribution in [0.5, 0.6) is 0 Å². The molecule has 17 heavy (non-hydrogen) atoms. The third kappa shape index (κ3) is 3.88. The average molecular weight is 235 g/mol. The fourth-order valence-corrected chi connectivity index (χ4v) is 1.16. The van der Waals surface area contributed by atoms with Gasteiger partial charge in [-0.25, -0.2) is 4.98 Å². The minimum Gasteiger partial charge on any atom is -0.480 e. The Kier molecular flexibility index (Phi) is 4.66. The van der Waals surface area contributed by atoms with Crippen LogP contribution in [-0.4, -0.2) is 27.1 Å². The maximum atomic E-state index is 10.0. The zero-order chi connectivity index (χ0) is 12.8. The van der Waals surface area contributed by atoms with Gasteiger partial charge in [0, 0.05) is 0 Å². The first-order chi connectivity index (χ1) is 8.02. The number of aliphatic carboxylic acids is 1. The van der Waals surface area contributed by atoms with Gasteiger partial charge in [0.2, 0.25) is 0 Å². The van der Waals surface area contributed by atoms with E-state index < -0.39 is 12.0 Å². The molecule has 1 aromatic heterocycles. The van der Waals surface area contributed by atoms with Crippen LogP contribution in [0.2, 0.25) is 0 Å². The maximum absolute atomic E-state index is 10.0. The second-order valence-electron chi connectivity index (χ2n) is 4.03. The number of carboxylic acids is 1. The molecule has 5 nitrogen and oxygen atoms in total. The van der Waals surface area contributed by atoms with E-state index in [1.807, 2.05) is 24.3 Å². The van der Waals surface area contributed by atoms with Crippen LogP contribution < -0.4 is 5.73 Å². The molecule has 0 aliphatic carbocycles. The number of aromatic amines is 1. The van der Waals surface area contributed by atoms with Gasteiger partial charge in [-0.1, -0.05) is 26.0 Å². The van der Waals surface area contributed by atoms with Crippen molar-refractivity contribution >= 4 is 17.0 Å². The van der Waals surface area contributed by atoms with Gasteiger partial charge in [0.15, 0.2) is 0 Å². The van der Waals surface area contributed by atoms with Gasteiger partial charge in [-0.05, 0) is 18.1 Å².